The quantitative estimate of drug-likeness (QED) is 0.640. The van der Waals surface area contributed by atoms with Crippen LogP contribution in [0.15, 0.2) is 50.4 Å². The molecule has 1 saturated heterocycles. The number of primary amides is 1. The summed E-state index contributed by atoms with van der Waals surface area (Å²) in [6.07, 6.45) is 1.79. The standard InChI is InChI=1S/C19H19N3O5S2/c20-18(23)17-16(12-6-1-2-8-14(12)27-17)21-19(24)13-7-3-4-10-22(13)29(25,26)15-9-5-11-28-15/h1-2,5-6,8-9,11,13H,3-4,7,10H2,(H2,20,23)(H,21,24)/t13-/m0/s1. The Kier molecular flexibility index (Phi) is 5.15. The van der Waals surface area contributed by atoms with Crippen LogP contribution in [0.4, 0.5) is 5.69 Å². The Bertz CT molecular complexity index is 1170. The highest BCUT2D eigenvalue weighted by molar-refractivity contribution is 7.91. The van der Waals surface area contributed by atoms with Gasteiger partial charge in [-0.05, 0) is 36.4 Å². The second-order valence-corrected chi connectivity index (χ2v) is 9.78. The molecule has 0 radical (unpaired) electrons. The van der Waals surface area contributed by atoms with Gasteiger partial charge in [0.05, 0.1) is 0 Å². The number of nitrogens with two attached hydrogens (primary N) is 1. The van der Waals surface area contributed by atoms with E-state index in [-0.39, 0.29) is 22.2 Å². The van der Waals surface area contributed by atoms with Gasteiger partial charge in [-0.2, -0.15) is 4.31 Å². The smallest absolute Gasteiger partial charge is 0.286 e. The first-order valence-corrected chi connectivity index (χ1v) is 11.4. The lowest BCUT2D eigenvalue weighted by Gasteiger charge is -2.33. The van der Waals surface area contributed by atoms with E-state index in [0.717, 1.165) is 17.8 Å². The van der Waals surface area contributed by atoms with Crippen LogP contribution in [0.5, 0.6) is 0 Å². The highest BCUT2D eigenvalue weighted by Crippen LogP contribution is 2.33. The number of fused-ring (bicyclic) bond motifs is 1. The molecule has 0 unspecified atom stereocenters. The maximum atomic E-state index is 13.1. The first-order valence-electron chi connectivity index (χ1n) is 9.07. The van der Waals surface area contributed by atoms with E-state index in [1.807, 2.05) is 0 Å². The van der Waals surface area contributed by atoms with Crippen LogP contribution in [0.2, 0.25) is 0 Å². The Labute approximate surface area is 171 Å². The molecule has 0 aliphatic carbocycles. The molecule has 1 aliphatic heterocycles. The molecule has 2 amide bonds. The van der Waals surface area contributed by atoms with Crippen molar-refractivity contribution in [1.82, 2.24) is 4.31 Å². The van der Waals surface area contributed by atoms with E-state index in [4.69, 9.17) is 10.2 Å². The fourth-order valence-electron chi connectivity index (χ4n) is 3.53. The number of carbonyl (C=O) groups excluding carboxylic acids is 2. The Morgan fingerprint density at radius 3 is 2.69 bits per heavy atom. The number of benzene rings is 1. The average Bonchev–Trinajstić information content (AvgIpc) is 3.37. The molecule has 4 rings (SSSR count). The van der Waals surface area contributed by atoms with E-state index in [9.17, 15) is 18.0 Å². The van der Waals surface area contributed by atoms with Crippen LogP contribution in [0.25, 0.3) is 11.0 Å². The van der Waals surface area contributed by atoms with Gasteiger partial charge in [-0.25, -0.2) is 8.42 Å². The summed E-state index contributed by atoms with van der Waals surface area (Å²) >= 11 is 1.11. The summed E-state index contributed by atoms with van der Waals surface area (Å²) in [6.45, 7) is 0.257. The molecule has 8 nitrogen and oxygen atoms in total. The van der Waals surface area contributed by atoms with Crippen molar-refractivity contribution in [2.75, 3.05) is 11.9 Å². The normalized spacial score (nSPS) is 18.0. The third-order valence-corrected chi connectivity index (χ3v) is 8.16. The van der Waals surface area contributed by atoms with Crippen LogP contribution in [0, 0.1) is 0 Å². The lowest BCUT2D eigenvalue weighted by molar-refractivity contribution is -0.120. The predicted octanol–water partition coefficient (Wildman–Crippen LogP) is 2.78. The zero-order chi connectivity index (χ0) is 20.6. The van der Waals surface area contributed by atoms with Gasteiger partial charge in [-0.1, -0.05) is 24.6 Å². The number of furan rings is 1. The Morgan fingerprint density at radius 2 is 1.97 bits per heavy atom. The second kappa shape index (κ2) is 7.62. The maximum absolute atomic E-state index is 13.1. The van der Waals surface area contributed by atoms with Crippen molar-refractivity contribution in [2.45, 2.75) is 29.5 Å². The summed E-state index contributed by atoms with van der Waals surface area (Å²) in [5.74, 6) is -1.50. The van der Waals surface area contributed by atoms with Gasteiger partial charge in [0.2, 0.25) is 11.7 Å². The zero-order valence-electron chi connectivity index (χ0n) is 15.3. The van der Waals surface area contributed by atoms with Crippen molar-refractivity contribution in [1.29, 1.82) is 0 Å². The molecule has 29 heavy (non-hydrogen) atoms. The monoisotopic (exact) mass is 433 g/mol. The van der Waals surface area contributed by atoms with E-state index in [2.05, 4.69) is 5.32 Å². The maximum Gasteiger partial charge on any atom is 0.286 e. The van der Waals surface area contributed by atoms with Crippen LogP contribution in [0.3, 0.4) is 0 Å². The minimum atomic E-state index is -3.78. The molecule has 0 bridgehead atoms. The van der Waals surface area contributed by atoms with Gasteiger partial charge >= 0.3 is 0 Å². The van der Waals surface area contributed by atoms with Gasteiger partial charge < -0.3 is 15.5 Å². The van der Waals surface area contributed by atoms with Gasteiger partial charge in [-0.15, -0.1) is 11.3 Å². The molecule has 3 aromatic rings. The zero-order valence-corrected chi connectivity index (χ0v) is 17.0. The molecule has 3 heterocycles. The fraction of sp³-hybridized carbons (Fsp3) is 0.263. The lowest BCUT2D eigenvalue weighted by Crippen LogP contribution is -2.49. The van der Waals surface area contributed by atoms with Crippen LogP contribution in [-0.2, 0) is 14.8 Å². The number of carbonyl (C=O) groups is 2. The summed E-state index contributed by atoms with van der Waals surface area (Å²) in [7, 11) is -3.78. The molecule has 152 valence electrons. The van der Waals surface area contributed by atoms with Gasteiger partial charge in [0.1, 0.15) is 21.5 Å². The van der Waals surface area contributed by atoms with E-state index >= 15 is 0 Å². The van der Waals surface area contributed by atoms with E-state index in [1.54, 1.807) is 35.7 Å². The van der Waals surface area contributed by atoms with Crippen molar-refractivity contribution in [3.05, 3.63) is 47.5 Å². The minimum Gasteiger partial charge on any atom is -0.449 e. The van der Waals surface area contributed by atoms with E-state index < -0.39 is 27.9 Å². The highest BCUT2D eigenvalue weighted by Gasteiger charge is 2.38. The molecule has 0 spiro atoms. The number of piperidine rings is 1. The molecule has 0 saturated carbocycles. The predicted molar refractivity (Wildman–Crippen MR) is 109 cm³/mol. The number of thiophene rings is 1. The van der Waals surface area contributed by atoms with E-state index in [0.29, 0.717) is 23.8 Å². The van der Waals surface area contributed by atoms with Crippen molar-refractivity contribution in [3.63, 3.8) is 0 Å². The third-order valence-electron chi connectivity index (χ3n) is 4.88. The fourth-order valence-corrected chi connectivity index (χ4v) is 6.31. The highest BCUT2D eigenvalue weighted by atomic mass is 32.2. The molecule has 2 aromatic heterocycles. The SMILES string of the molecule is NC(=O)c1oc2ccccc2c1NC(=O)[C@@H]1CCCCN1S(=O)(=O)c1cccs1. The van der Waals surface area contributed by atoms with Crippen molar-refractivity contribution in [2.24, 2.45) is 5.73 Å². The van der Waals surface area contributed by atoms with Gasteiger partial charge in [0.15, 0.2) is 0 Å². The number of hydrogen-bond acceptors (Lipinski definition) is 6. The second-order valence-electron chi connectivity index (χ2n) is 6.72. The largest absolute Gasteiger partial charge is 0.449 e. The van der Waals surface area contributed by atoms with Gasteiger partial charge in [0.25, 0.3) is 15.9 Å². The summed E-state index contributed by atoms with van der Waals surface area (Å²) < 4.78 is 33.0. The number of amides is 2. The molecule has 3 N–H and O–H groups in total. The van der Waals surface area contributed by atoms with Gasteiger partial charge in [0, 0.05) is 11.9 Å². The Morgan fingerprint density at radius 1 is 1.17 bits per heavy atom. The summed E-state index contributed by atoms with van der Waals surface area (Å²) in [4.78, 5) is 24.9. The molecule has 1 aliphatic rings. The summed E-state index contributed by atoms with van der Waals surface area (Å²) in [5, 5.41) is 4.90. The van der Waals surface area contributed by atoms with Crippen LogP contribution < -0.4 is 11.1 Å². The molecule has 10 heteroatoms. The summed E-state index contributed by atoms with van der Waals surface area (Å²) in [5.41, 5.74) is 5.97. The topological polar surface area (TPSA) is 123 Å². The van der Waals surface area contributed by atoms with E-state index in [1.165, 1.54) is 10.4 Å². The summed E-state index contributed by atoms with van der Waals surface area (Å²) in [6, 6.07) is 9.13. The van der Waals surface area contributed by atoms with Crippen molar-refractivity contribution in [3.8, 4) is 0 Å². The number of nitrogens with one attached hydrogen (secondary N) is 1. The number of hydrogen-bond donors (Lipinski definition) is 2. The van der Waals surface area contributed by atoms with Crippen LogP contribution in [-0.4, -0.2) is 37.1 Å². The molecular weight excluding hydrogens is 414 g/mol. The Balaban J connectivity index is 1.68. The molecule has 1 fully saturated rings. The van der Waals surface area contributed by atoms with Crippen molar-refractivity contribution >= 4 is 49.8 Å². The third kappa shape index (κ3) is 3.54. The first kappa shape index (κ1) is 19.6. The minimum absolute atomic E-state index is 0.164. The van der Waals surface area contributed by atoms with Crippen molar-refractivity contribution < 1.29 is 22.4 Å². The number of rotatable bonds is 5. The Hall–Kier alpha value is -2.69. The molecule has 1 aromatic carbocycles. The lowest BCUT2D eigenvalue weighted by atomic mass is 10.0. The average molecular weight is 434 g/mol. The number of sulfonamides is 1. The number of para-hydroxylation sites is 1. The first-order chi connectivity index (χ1) is 13.9. The molecule has 1 atom stereocenters. The van der Waals surface area contributed by atoms with Crippen LogP contribution in [0.1, 0.15) is 29.8 Å². The molecular formula is C19H19N3O5S2. The van der Waals surface area contributed by atoms with Crippen LogP contribution >= 0.6 is 11.3 Å². The number of anilines is 1. The number of nitrogens with zero attached hydrogens (tertiary/aromatic N) is 1. The van der Waals surface area contributed by atoms with Gasteiger partial charge in [-0.3, -0.25) is 9.59 Å².